The number of rotatable bonds is 2. The van der Waals surface area contributed by atoms with E-state index in [1.165, 1.54) is 0 Å². The van der Waals surface area contributed by atoms with Gasteiger partial charge in [-0.15, -0.1) is 5.10 Å². The Morgan fingerprint density at radius 2 is 2.00 bits per heavy atom. The summed E-state index contributed by atoms with van der Waals surface area (Å²) in [5.74, 6) is -0.837. The SMILES string of the molecule is CC(C)(C)Cc1ccc2c(=O)n(C3CCC(=O)NC3=O)nnc2c1. The van der Waals surface area contributed by atoms with Crippen molar-refractivity contribution in [1.29, 1.82) is 0 Å². The monoisotopic (exact) mass is 328 g/mol. The topological polar surface area (TPSA) is 94.0 Å². The number of benzene rings is 1. The normalized spacial score (nSPS) is 18.7. The van der Waals surface area contributed by atoms with Gasteiger partial charge in [0.05, 0.1) is 5.39 Å². The van der Waals surface area contributed by atoms with Crippen molar-refractivity contribution in [3.63, 3.8) is 0 Å². The number of imide groups is 1. The Kier molecular flexibility index (Phi) is 3.95. The van der Waals surface area contributed by atoms with Crippen LogP contribution in [0.2, 0.25) is 0 Å². The van der Waals surface area contributed by atoms with Crippen molar-refractivity contribution in [2.75, 3.05) is 0 Å². The van der Waals surface area contributed by atoms with Crippen LogP contribution in [0.4, 0.5) is 0 Å². The highest BCUT2D eigenvalue weighted by atomic mass is 16.2. The van der Waals surface area contributed by atoms with Crippen LogP contribution in [-0.4, -0.2) is 26.8 Å². The number of carbonyl (C=O) groups is 2. The molecule has 0 aliphatic carbocycles. The molecule has 1 atom stereocenters. The van der Waals surface area contributed by atoms with Crippen molar-refractivity contribution in [1.82, 2.24) is 20.3 Å². The minimum absolute atomic E-state index is 0.128. The highest BCUT2D eigenvalue weighted by Crippen LogP contribution is 2.22. The van der Waals surface area contributed by atoms with Crippen LogP contribution in [0.5, 0.6) is 0 Å². The fourth-order valence-corrected chi connectivity index (χ4v) is 2.94. The standard InChI is InChI=1S/C17H20N4O3/c1-17(2,3)9-10-4-5-11-12(8-10)19-20-21(16(11)24)13-6-7-14(22)18-15(13)23/h4-5,8,13H,6-7,9H2,1-3H3,(H,18,22,23). The van der Waals surface area contributed by atoms with Gasteiger partial charge in [-0.2, -0.15) is 4.68 Å². The first-order valence-corrected chi connectivity index (χ1v) is 7.96. The molecule has 1 saturated heterocycles. The summed E-state index contributed by atoms with van der Waals surface area (Å²) in [4.78, 5) is 35.8. The number of piperidine rings is 1. The highest BCUT2D eigenvalue weighted by Gasteiger charge is 2.30. The van der Waals surface area contributed by atoms with Gasteiger partial charge in [-0.1, -0.05) is 32.1 Å². The van der Waals surface area contributed by atoms with E-state index >= 15 is 0 Å². The fourth-order valence-electron chi connectivity index (χ4n) is 2.94. The number of aromatic nitrogens is 3. The number of carbonyl (C=O) groups excluding carboxylic acids is 2. The zero-order chi connectivity index (χ0) is 17.5. The molecule has 3 rings (SSSR count). The van der Waals surface area contributed by atoms with Crippen molar-refractivity contribution in [3.05, 3.63) is 34.1 Å². The van der Waals surface area contributed by atoms with Gasteiger partial charge in [0.2, 0.25) is 5.91 Å². The van der Waals surface area contributed by atoms with Gasteiger partial charge in [0.25, 0.3) is 11.5 Å². The van der Waals surface area contributed by atoms with Crippen LogP contribution in [0.15, 0.2) is 23.0 Å². The Labute approximate surface area is 139 Å². The lowest BCUT2D eigenvalue weighted by molar-refractivity contribution is -0.136. The molecule has 1 aliphatic heterocycles. The molecule has 1 aromatic carbocycles. The van der Waals surface area contributed by atoms with E-state index in [2.05, 4.69) is 36.4 Å². The van der Waals surface area contributed by atoms with Crippen LogP contribution in [0, 0.1) is 5.41 Å². The van der Waals surface area contributed by atoms with Crippen molar-refractivity contribution < 1.29 is 9.59 Å². The quantitative estimate of drug-likeness (QED) is 0.840. The van der Waals surface area contributed by atoms with Crippen molar-refractivity contribution in [2.24, 2.45) is 5.41 Å². The molecule has 0 radical (unpaired) electrons. The summed E-state index contributed by atoms with van der Waals surface area (Å²) in [6.07, 6.45) is 1.31. The van der Waals surface area contributed by atoms with Crippen LogP contribution in [0.25, 0.3) is 10.9 Å². The highest BCUT2D eigenvalue weighted by molar-refractivity contribution is 5.99. The summed E-state index contributed by atoms with van der Waals surface area (Å²) in [7, 11) is 0. The number of hydrogen-bond acceptors (Lipinski definition) is 5. The van der Waals surface area contributed by atoms with E-state index in [0.29, 0.717) is 10.9 Å². The Morgan fingerprint density at radius 3 is 2.67 bits per heavy atom. The first-order chi connectivity index (χ1) is 11.2. The summed E-state index contributed by atoms with van der Waals surface area (Å²) in [6.45, 7) is 6.43. The molecule has 1 aromatic heterocycles. The third-order valence-electron chi connectivity index (χ3n) is 3.99. The van der Waals surface area contributed by atoms with E-state index < -0.39 is 11.9 Å². The summed E-state index contributed by atoms with van der Waals surface area (Å²) >= 11 is 0. The van der Waals surface area contributed by atoms with Crippen molar-refractivity contribution >= 4 is 22.7 Å². The summed E-state index contributed by atoms with van der Waals surface area (Å²) in [5.41, 5.74) is 1.37. The lowest BCUT2D eigenvalue weighted by atomic mass is 9.88. The van der Waals surface area contributed by atoms with Crippen LogP contribution in [0.1, 0.15) is 45.2 Å². The first kappa shape index (κ1) is 16.3. The number of amides is 2. The number of fused-ring (bicyclic) bond motifs is 1. The third kappa shape index (κ3) is 3.20. The maximum Gasteiger partial charge on any atom is 0.278 e. The predicted octanol–water partition coefficient (Wildman–Crippen LogP) is 1.36. The average Bonchev–Trinajstić information content (AvgIpc) is 2.47. The van der Waals surface area contributed by atoms with Gasteiger partial charge in [0.1, 0.15) is 11.6 Å². The molecule has 7 heteroatoms. The fraction of sp³-hybridized carbons (Fsp3) is 0.471. The summed E-state index contributed by atoms with van der Waals surface area (Å²) < 4.78 is 1.08. The molecule has 24 heavy (non-hydrogen) atoms. The molecule has 7 nitrogen and oxygen atoms in total. The molecule has 2 amide bonds. The van der Waals surface area contributed by atoms with Gasteiger partial charge >= 0.3 is 0 Å². The van der Waals surface area contributed by atoms with Crippen molar-refractivity contribution in [2.45, 2.75) is 46.1 Å². The van der Waals surface area contributed by atoms with Gasteiger partial charge in [-0.25, -0.2) is 0 Å². The van der Waals surface area contributed by atoms with Gasteiger partial charge in [0, 0.05) is 6.42 Å². The molecule has 2 aromatic rings. The number of hydrogen-bond donors (Lipinski definition) is 1. The first-order valence-electron chi connectivity index (χ1n) is 7.96. The molecule has 2 heterocycles. The summed E-state index contributed by atoms with van der Waals surface area (Å²) in [5, 5.41) is 10.7. The minimum atomic E-state index is -0.790. The molecule has 1 aliphatic rings. The van der Waals surface area contributed by atoms with E-state index in [0.717, 1.165) is 16.7 Å². The zero-order valence-electron chi connectivity index (χ0n) is 14.0. The van der Waals surface area contributed by atoms with Crippen LogP contribution >= 0.6 is 0 Å². The smallest absolute Gasteiger partial charge is 0.278 e. The molecule has 1 unspecified atom stereocenters. The molecular formula is C17H20N4O3. The van der Waals surface area contributed by atoms with E-state index in [-0.39, 0.29) is 29.7 Å². The lowest BCUT2D eigenvalue weighted by Crippen LogP contribution is -2.45. The molecule has 0 saturated carbocycles. The number of nitrogens with zero attached hydrogens (tertiary/aromatic N) is 3. The predicted molar refractivity (Wildman–Crippen MR) is 88.4 cm³/mol. The maximum atomic E-state index is 12.6. The molecular weight excluding hydrogens is 308 g/mol. The Balaban J connectivity index is 2.00. The van der Waals surface area contributed by atoms with Gasteiger partial charge < -0.3 is 0 Å². The lowest BCUT2D eigenvalue weighted by Gasteiger charge is -2.21. The van der Waals surface area contributed by atoms with Crippen LogP contribution < -0.4 is 10.9 Å². The molecule has 1 fully saturated rings. The second kappa shape index (κ2) is 5.81. The van der Waals surface area contributed by atoms with E-state index in [1.807, 2.05) is 12.1 Å². The van der Waals surface area contributed by atoms with Gasteiger partial charge in [-0.3, -0.25) is 19.7 Å². The second-order valence-electron chi connectivity index (χ2n) is 7.40. The van der Waals surface area contributed by atoms with Gasteiger partial charge in [0.15, 0.2) is 0 Å². The van der Waals surface area contributed by atoms with Gasteiger partial charge in [-0.05, 0) is 36.0 Å². The second-order valence-corrected chi connectivity index (χ2v) is 7.40. The Bertz CT molecular complexity index is 880. The molecule has 0 spiro atoms. The third-order valence-corrected chi connectivity index (χ3v) is 3.99. The van der Waals surface area contributed by atoms with E-state index in [9.17, 15) is 14.4 Å². The maximum absolute atomic E-state index is 12.6. The van der Waals surface area contributed by atoms with E-state index in [1.54, 1.807) is 6.07 Å². The Hall–Kier alpha value is -2.57. The largest absolute Gasteiger partial charge is 0.295 e. The number of nitrogens with one attached hydrogen (secondary N) is 1. The van der Waals surface area contributed by atoms with Crippen molar-refractivity contribution in [3.8, 4) is 0 Å². The van der Waals surface area contributed by atoms with Crippen LogP contribution in [0.3, 0.4) is 0 Å². The Morgan fingerprint density at radius 1 is 1.25 bits per heavy atom. The van der Waals surface area contributed by atoms with E-state index in [4.69, 9.17) is 0 Å². The zero-order valence-corrected chi connectivity index (χ0v) is 14.0. The van der Waals surface area contributed by atoms with Crippen LogP contribution in [-0.2, 0) is 16.0 Å². The average molecular weight is 328 g/mol. The molecule has 0 bridgehead atoms. The summed E-state index contributed by atoms with van der Waals surface area (Å²) in [6, 6.07) is 4.71. The minimum Gasteiger partial charge on any atom is -0.295 e. The molecule has 126 valence electrons. The molecule has 1 N–H and O–H groups in total.